The average Bonchev–Trinajstić information content (AvgIpc) is 2.78. The quantitative estimate of drug-likeness (QED) is 0.809. The van der Waals surface area contributed by atoms with Crippen LogP contribution in [0.4, 0.5) is 0 Å². The molecule has 1 aliphatic rings. The number of carbonyl (C=O) groups excluding carboxylic acids is 1. The van der Waals surface area contributed by atoms with E-state index in [1.807, 2.05) is 24.3 Å². The maximum atomic E-state index is 11.3. The lowest BCUT2D eigenvalue weighted by molar-refractivity contribution is -0.142. The molecule has 86 valence electrons. The standard InChI is InChI=1S/C11H13BrN2O2/c1-16-11(15)10-6-9(13-14-10)7-2-4-8(12)5-3-7/h2-5,9-10,13-14H,6H2,1H3. The van der Waals surface area contributed by atoms with Crippen molar-refractivity contribution in [1.82, 2.24) is 10.9 Å². The van der Waals surface area contributed by atoms with Crippen LogP contribution in [-0.2, 0) is 9.53 Å². The first kappa shape index (κ1) is 11.6. The SMILES string of the molecule is COC(=O)C1CC(c2ccc(Br)cc2)NN1. The first-order chi connectivity index (χ1) is 7.70. The molecule has 0 bridgehead atoms. The fourth-order valence-corrected chi connectivity index (χ4v) is 2.03. The van der Waals surface area contributed by atoms with Gasteiger partial charge in [0.15, 0.2) is 0 Å². The van der Waals surface area contributed by atoms with E-state index in [1.165, 1.54) is 7.11 Å². The smallest absolute Gasteiger partial charge is 0.324 e. The topological polar surface area (TPSA) is 50.4 Å². The fourth-order valence-electron chi connectivity index (χ4n) is 1.77. The molecule has 2 rings (SSSR count). The van der Waals surface area contributed by atoms with Gasteiger partial charge in [0, 0.05) is 10.5 Å². The van der Waals surface area contributed by atoms with Crippen molar-refractivity contribution in [2.75, 3.05) is 7.11 Å². The highest BCUT2D eigenvalue weighted by atomic mass is 79.9. The van der Waals surface area contributed by atoms with E-state index in [1.54, 1.807) is 0 Å². The van der Waals surface area contributed by atoms with Gasteiger partial charge in [-0.25, -0.2) is 10.9 Å². The lowest BCUT2D eigenvalue weighted by Crippen LogP contribution is -2.36. The van der Waals surface area contributed by atoms with Gasteiger partial charge in [-0.15, -0.1) is 0 Å². The van der Waals surface area contributed by atoms with E-state index in [9.17, 15) is 4.79 Å². The fraction of sp³-hybridized carbons (Fsp3) is 0.364. The first-order valence-electron chi connectivity index (χ1n) is 5.05. The second kappa shape index (κ2) is 4.95. The number of nitrogens with one attached hydrogen (secondary N) is 2. The Hall–Kier alpha value is -0.910. The molecule has 0 amide bonds. The lowest BCUT2D eigenvalue weighted by Gasteiger charge is -2.09. The van der Waals surface area contributed by atoms with Gasteiger partial charge in [0.2, 0.25) is 0 Å². The molecule has 16 heavy (non-hydrogen) atoms. The number of carbonyl (C=O) groups is 1. The third kappa shape index (κ3) is 2.42. The molecular formula is C11H13BrN2O2. The van der Waals surface area contributed by atoms with E-state index in [2.05, 4.69) is 31.5 Å². The van der Waals surface area contributed by atoms with Gasteiger partial charge in [-0.3, -0.25) is 4.79 Å². The van der Waals surface area contributed by atoms with Crippen LogP contribution < -0.4 is 10.9 Å². The molecule has 1 aromatic carbocycles. The maximum absolute atomic E-state index is 11.3. The van der Waals surface area contributed by atoms with Crippen LogP contribution in [-0.4, -0.2) is 19.1 Å². The zero-order valence-corrected chi connectivity index (χ0v) is 10.5. The van der Waals surface area contributed by atoms with Crippen LogP contribution in [0.15, 0.2) is 28.7 Å². The molecule has 1 aromatic rings. The zero-order valence-electron chi connectivity index (χ0n) is 8.87. The van der Waals surface area contributed by atoms with E-state index >= 15 is 0 Å². The molecule has 0 aromatic heterocycles. The number of hydrogen-bond donors (Lipinski definition) is 2. The van der Waals surface area contributed by atoms with Gasteiger partial charge >= 0.3 is 5.97 Å². The number of ether oxygens (including phenoxy) is 1. The molecular weight excluding hydrogens is 272 g/mol. The number of rotatable bonds is 2. The summed E-state index contributed by atoms with van der Waals surface area (Å²) in [5.74, 6) is -0.230. The molecule has 5 heteroatoms. The van der Waals surface area contributed by atoms with Crippen LogP contribution in [0.3, 0.4) is 0 Å². The molecule has 2 atom stereocenters. The van der Waals surface area contributed by atoms with Crippen LogP contribution in [0.1, 0.15) is 18.0 Å². The summed E-state index contributed by atoms with van der Waals surface area (Å²) in [6.45, 7) is 0. The molecule has 0 spiro atoms. The summed E-state index contributed by atoms with van der Waals surface area (Å²) in [5, 5.41) is 0. The largest absolute Gasteiger partial charge is 0.468 e. The van der Waals surface area contributed by atoms with E-state index in [-0.39, 0.29) is 18.1 Å². The van der Waals surface area contributed by atoms with E-state index in [0.29, 0.717) is 6.42 Å². The van der Waals surface area contributed by atoms with Crippen LogP contribution in [0.5, 0.6) is 0 Å². The second-order valence-corrected chi connectivity index (χ2v) is 4.62. The third-order valence-electron chi connectivity index (χ3n) is 2.66. The van der Waals surface area contributed by atoms with Crippen molar-refractivity contribution in [3.63, 3.8) is 0 Å². The highest BCUT2D eigenvalue weighted by Crippen LogP contribution is 2.23. The number of hydrogen-bond acceptors (Lipinski definition) is 4. The molecule has 1 fully saturated rings. The van der Waals surface area contributed by atoms with Crippen molar-refractivity contribution in [1.29, 1.82) is 0 Å². The minimum Gasteiger partial charge on any atom is -0.468 e. The van der Waals surface area contributed by atoms with Crippen molar-refractivity contribution in [3.8, 4) is 0 Å². The molecule has 2 unspecified atom stereocenters. The molecule has 0 saturated carbocycles. The van der Waals surface area contributed by atoms with Gasteiger partial charge in [-0.05, 0) is 24.1 Å². The van der Waals surface area contributed by atoms with Crippen molar-refractivity contribution >= 4 is 21.9 Å². The van der Waals surface area contributed by atoms with Gasteiger partial charge in [-0.1, -0.05) is 28.1 Å². The highest BCUT2D eigenvalue weighted by Gasteiger charge is 2.30. The molecule has 0 radical (unpaired) electrons. The highest BCUT2D eigenvalue weighted by molar-refractivity contribution is 9.10. The maximum Gasteiger partial charge on any atom is 0.324 e. The van der Waals surface area contributed by atoms with Gasteiger partial charge in [0.1, 0.15) is 6.04 Å². The summed E-state index contributed by atoms with van der Waals surface area (Å²) >= 11 is 3.39. The minimum atomic E-state index is -0.265. The Kier molecular flexibility index (Phi) is 3.58. The van der Waals surface area contributed by atoms with Gasteiger partial charge in [-0.2, -0.15) is 0 Å². The monoisotopic (exact) mass is 284 g/mol. The van der Waals surface area contributed by atoms with Gasteiger partial charge in [0.25, 0.3) is 0 Å². The summed E-state index contributed by atoms with van der Waals surface area (Å²) in [6.07, 6.45) is 0.703. The predicted octanol–water partition coefficient (Wildman–Crippen LogP) is 1.53. The summed E-state index contributed by atoms with van der Waals surface area (Å²) < 4.78 is 5.74. The minimum absolute atomic E-state index is 0.150. The van der Waals surface area contributed by atoms with Crippen molar-refractivity contribution < 1.29 is 9.53 Å². The Morgan fingerprint density at radius 3 is 2.69 bits per heavy atom. The van der Waals surface area contributed by atoms with Gasteiger partial charge < -0.3 is 4.74 Å². The lowest BCUT2D eigenvalue weighted by atomic mass is 10.0. The Bertz CT molecular complexity index is 380. The molecule has 2 N–H and O–H groups in total. The summed E-state index contributed by atoms with van der Waals surface area (Å²) in [4.78, 5) is 11.3. The van der Waals surface area contributed by atoms with Crippen LogP contribution in [0, 0.1) is 0 Å². The Morgan fingerprint density at radius 2 is 2.06 bits per heavy atom. The van der Waals surface area contributed by atoms with E-state index in [4.69, 9.17) is 0 Å². The average molecular weight is 285 g/mol. The zero-order chi connectivity index (χ0) is 11.5. The number of halogens is 1. The molecule has 1 heterocycles. The molecule has 1 aliphatic heterocycles. The molecule has 0 aliphatic carbocycles. The summed E-state index contributed by atoms with van der Waals surface area (Å²) in [5.41, 5.74) is 7.18. The molecule has 4 nitrogen and oxygen atoms in total. The Labute approximate surface area is 102 Å². The van der Waals surface area contributed by atoms with Crippen LogP contribution >= 0.6 is 15.9 Å². The summed E-state index contributed by atoms with van der Waals surface area (Å²) in [6, 6.07) is 7.92. The first-order valence-corrected chi connectivity index (χ1v) is 5.84. The van der Waals surface area contributed by atoms with Crippen LogP contribution in [0.2, 0.25) is 0 Å². The second-order valence-electron chi connectivity index (χ2n) is 3.70. The van der Waals surface area contributed by atoms with Crippen molar-refractivity contribution in [3.05, 3.63) is 34.3 Å². The van der Waals surface area contributed by atoms with Crippen molar-refractivity contribution in [2.24, 2.45) is 0 Å². The van der Waals surface area contributed by atoms with Crippen LogP contribution in [0.25, 0.3) is 0 Å². The predicted molar refractivity (Wildman–Crippen MR) is 63.6 cm³/mol. The number of benzene rings is 1. The van der Waals surface area contributed by atoms with Crippen molar-refractivity contribution in [2.45, 2.75) is 18.5 Å². The Morgan fingerprint density at radius 1 is 1.38 bits per heavy atom. The van der Waals surface area contributed by atoms with E-state index < -0.39 is 0 Å². The third-order valence-corrected chi connectivity index (χ3v) is 3.19. The van der Waals surface area contributed by atoms with E-state index in [0.717, 1.165) is 10.0 Å². The number of hydrazine groups is 1. The summed E-state index contributed by atoms with van der Waals surface area (Å²) in [7, 11) is 1.40. The van der Waals surface area contributed by atoms with Gasteiger partial charge in [0.05, 0.1) is 7.11 Å². The Balaban J connectivity index is 2.03. The molecule has 1 saturated heterocycles. The number of esters is 1. The number of methoxy groups -OCH3 is 1. The normalized spacial score (nSPS) is 24.4.